The maximum atomic E-state index is 12.7. The Bertz CT molecular complexity index is 1110. The SMILES string of the molecule is Cc1ccc(S(=O)(=O)Cc2c(C(=O)O)[nH]n(-c3ccccc3)c2=O)cc1. The Labute approximate surface area is 149 Å². The highest BCUT2D eigenvalue weighted by Gasteiger charge is 2.26. The van der Waals surface area contributed by atoms with Crippen LogP contribution in [0.2, 0.25) is 0 Å². The van der Waals surface area contributed by atoms with Crippen molar-refractivity contribution < 1.29 is 18.3 Å². The molecule has 2 aromatic carbocycles. The van der Waals surface area contributed by atoms with Crippen LogP contribution in [0.3, 0.4) is 0 Å². The maximum absolute atomic E-state index is 12.7. The number of hydrogen-bond donors (Lipinski definition) is 2. The summed E-state index contributed by atoms with van der Waals surface area (Å²) < 4.78 is 26.3. The number of sulfone groups is 1. The van der Waals surface area contributed by atoms with E-state index >= 15 is 0 Å². The first-order valence-corrected chi connectivity index (χ1v) is 9.37. The lowest BCUT2D eigenvalue weighted by Crippen LogP contribution is -2.20. The lowest BCUT2D eigenvalue weighted by atomic mass is 10.2. The fourth-order valence-electron chi connectivity index (χ4n) is 2.56. The third-order valence-corrected chi connectivity index (χ3v) is 5.59. The Hall–Kier alpha value is -3.13. The van der Waals surface area contributed by atoms with Gasteiger partial charge in [0.2, 0.25) is 0 Å². The molecule has 1 aromatic heterocycles. The third-order valence-electron chi connectivity index (χ3n) is 3.93. The molecule has 0 atom stereocenters. The number of carbonyl (C=O) groups is 1. The summed E-state index contributed by atoms with van der Waals surface area (Å²) >= 11 is 0. The number of carboxylic acid groups (broad SMARTS) is 1. The van der Waals surface area contributed by atoms with Gasteiger partial charge in [0, 0.05) is 0 Å². The minimum Gasteiger partial charge on any atom is -0.477 e. The molecule has 7 nitrogen and oxygen atoms in total. The van der Waals surface area contributed by atoms with Gasteiger partial charge in [-0.2, -0.15) is 0 Å². The first-order chi connectivity index (χ1) is 12.3. The number of nitrogens with one attached hydrogen (secondary N) is 1. The zero-order valence-corrected chi connectivity index (χ0v) is 14.7. The number of para-hydroxylation sites is 1. The molecule has 0 saturated carbocycles. The smallest absolute Gasteiger partial charge is 0.354 e. The van der Waals surface area contributed by atoms with Crippen LogP contribution in [-0.4, -0.2) is 29.3 Å². The molecule has 0 fully saturated rings. The Morgan fingerprint density at radius 2 is 1.69 bits per heavy atom. The number of rotatable bonds is 5. The van der Waals surface area contributed by atoms with Gasteiger partial charge in [0.05, 0.1) is 21.9 Å². The number of hydrogen-bond acceptors (Lipinski definition) is 4. The molecule has 0 aliphatic rings. The molecule has 0 unspecified atom stereocenters. The van der Waals surface area contributed by atoms with Gasteiger partial charge in [-0.05, 0) is 31.2 Å². The number of nitrogens with zero attached hydrogens (tertiary/aromatic N) is 1. The molecule has 1 heterocycles. The number of benzene rings is 2. The topological polar surface area (TPSA) is 109 Å². The van der Waals surface area contributed by atoms with Crippen molar-refractivity contribution in [2.75, 3.05) is 0 Å². The highest BCUT2D eigenvalue weighted by molar-refractivity contribution is 7.90. The molecule has 3 aromatic rings. The standard InChI is InChI=1S/C18H16N2O5S/c1-12-7-9-14(10-8-12)26(24,25)11-15-16(18(22)23)19-20(17(15)21)13-5-3-2-4-6-13/h2-10,19H,11H2,1H3,(H,22,23). The predicted molar refractivity (Wildman–Crippen MR) is 95.4 cm³/mol. The molecule has 0 bridgehead atoms. The average Bonchev–Trinajstić information content (AvgIpc) is 2.92. The third kappa shape index (κ3) is 3.31. The van der Waals surface area contributed by atoms with Crippen LogP contribution in [0.25, 0.3) is 5.69 Å². The summed E-state index contributed by atoms with van der Waals surface area (Å²) in [7, 11) is -3.87. The molecule has 134 valence electrons. The van der Waals surface area contributed by atoms with Gasteiger partial charge < -0.3 is 5.11 Å². The van der Waals surface area contributed by atoms with Gasteiger partial charge in [-0.25, -0.2) is 17.9 Å². The van der Waals surface area contributed by atoms with Crippen molar-refractivity contribution in [2.45, 2.75) is 17.6 Å². The van der Waals surface area contributed by atoms with E-state index in [1.807, 2.05) is 6.92 Å². The molecule has 8 heteroatoms. The van der Waals surface area contributed by atoms with Gasteiger partial charge >= 0.3 is 5.97 Å². The second-order valence-electron chi connectivity index (χ2n) is 5.82. The van der Waals surface area contributed by atoms with Gasteiger partial charge in [-0.15, -0.1) is 0 Å². The first-order valence-electron chi connectivity index (χ1n) is 7.71. The second-order valence-corrected chi connectivity index (χ2v) is 7.81. The Kier molecular flexibility index (Phi) is 4.52. The Balaban J connectivity index is 2.10. The van der Waals surface area contributed by atoms with Crippen LogP contribution in [0.4, 0.5) is 0 Å². The first kappa shape index (κ1) is 17.7. The summed E-state index contributed by atoms with van der Waals surface area (Å²) in [6.07, 6.45) is 0. The maximum Gasteiger partial charge on any atom is 0.354 e. The average molecular weight is 372 g/mol. The van der Waals surface area contributed by atoms with Gasteiger partial charge in [0.25, 0.3) is 5.56 Å². The van der Waals surface area contributed by atoms with Crippen molar-refractivity contribution in [3.8, 4) is 5.69 Å². The Morgan fingerprint density at radius 3 is 2.27 bits per heavy atom. The van der Waals surface area contributed by atoms with Crippen molar-refractivity contribution in [1.82, 2.24) is 9.78 Å². The molecular weight excluding hydrogens is 356 g/mol. The Morgan fingerprint density at radius 1 is 1.08 bits per heavy atom. The zero-order valence-electron chi connectivity index (χ0n) is 13.8. The van der Waals surface area contributed by atoms with Crippen LogP contribution in [-0.2, 0) is 15.6 Å². The highest BCUT2D eigenvalue weighted by Crippen LogP contribution is 2.18. The number of aromatic amines is 1. The normalized spacial score (nSPS) is 11.4. The van der Waals surface area contributed by atoms with Crippen LogP contribution in [0.15, 0.2) is 64.3 Å². The van der Waals surface area contributed by atoms with Crippen molar-refractivity contribution >= 4 is 15.8 Å². The van der Waals surface area contributed by atoms with E-state index < -0.39 is 32.8 Å². The molecule has 26 heavy (non-hydrogen) atoms. The number of H-pyrrole nitrogens is 1. The summed E-state index contributed by atoms with van der Waals surface area (Å²) in [6.45, 7) is 1.82. The van der Waals surface area contributed by atoms with Gasteiger partial charge in [-0.1, -0.05) is 35.9 Å². The summed E-state index contributed by atoms with van der Waals surface area (Å²) in [5, 5.41) is 11.9. The summed E-state index contributed by atoms with van der Waals surface area (Å²) in [6, 6.07) is 14.5. The quantitative estimate of drug-likeness (QED) is 0.713. The van der Waals surface area contributed by atoms with E-state index in [9.17, 15) is 23.1 Å². The highest BCUT2D eigenvalue weighted by atomic mass is 32.2. The van der Waals surface area contributed by atoms with E-state index in [1.54, 1.807) is 42.5 Å². The van der Waals surface area contributed by atoms with Crippen LogP contribution < -0.4 is 5.56 Å². The van der Waals surface area contributed by atoms with Crippen LogP contribution in [0, 0.1) is 6.92 Å². The van der Waals surface area contributed by atoms with Crippen molar-refractivity contribution in [3.05, 3.63) is 81.8 Å². The molecular formula is C18H16N2O5S. The molecule has 0 aliphatic carbocycles. The molecule has 0 spiro atoms. The second kappa shape index (κ2) is 6.64. The largest absolute Gasteiger partial charge is 0.477 e. The van der Waals surface area contributed by atoms with E-state index in [-0.39, 0.29) is 10.5 Å². The molecule has 0 saturated heterocycles. The van der Waals surface area contributed by atoms with Crippen molar-refractivity contribution in [1.29, 1.82) is 0 Å². The number of aromatic nitrogens is 2. The van der Waals surface area contributed by atoms with E-state index in [0.717, 1.165) is 10.2 Å². The van der Waals surface area contributed by atoms with E-state index in [2.05, 4.69) is 5.10 Å². The summed E-state index contributed by atoms with van der Waals surface area (Å²) in [4.78, 5) is 24.2. The van der Waals surface area contributed by atoms with Gasteiger partial charge in [0.1, 0.15) is 5.69 Å². The summed E-state index contributed by atoms with van der Waals surface area (Å²) in [5.41, 5.74) is -0.136. The molecule has 2 N–H and O–H groups in total. The predicted octanol–water partition coefficient (Wildman–Crippen LogP) is 2.15. The summed E-state index contributed by atoms with van der Waals surface area (Å²) in [5.74, 6) is -2.10. The van der Waals surface area contributed by atoms with E-state index in [1.165, 1.54) is 12.1 Å². The van der Waals surface area contributed by atoms with E-state index in [4.69, 9.17) is 0 Å². The number of carboxylic acids is 1. The molecule has 0 aliphatic heterocycles. The minimum atomic E-state index is -3.87. The van der Waals surface area contributed by atoms with Crippen LogP contribution >= 0.6 is 0 Å². The zero-order chi connectivity index (χ0) is 18.9. The number of aromatic carboxylic acids is 1. The lowest BCUT2D eigenvalue weighted by molar-refractivity contribution is 0.0689. The van der Waals surface area contributed by atoms with Gasteiger partial charge in [0.15, 0.2) is 9.84 Å². The number of aryl methyl sites for hydroxylation is 1. The van der Waals surface area contributed by atoms with Crippen LogP contribution in [0.1, 0.15) is 21.6 Å². The fraction of sp³-hybridized carbons (Fsp3) is 0.111. The van der Waals surface area contributed by atoms with Gasteiger partial charge in [-0.3, -0.25) is 9.89 Å². The molecule has 0 radical (unpaired) electrons. The monoisotopic (exact) mass is 372 g/mol. The van der Waals surface area contributed by atoms with Crippen molar-refractivity contribution in [3.63, 3.8) is 0 Å². The molecule has 0 amide bonds. The molecule has 3 rings (SSSR count). The van der Waals surface area contributed by atoms with E-state index in [0.29, 0.717) is 5.69 Å². The van der Waals surface area contributed by atoms with Crippen LogP contribution in [0.5, 0.6) is 0 Å². The minimum absolute atomic E-state index is 0.0336. The lowest BCUT2D eigenvalue weighted by Gasteiger charge is -2.04. The van der Waals surface area contributed by atoms with Crippen molar-refractivity contribution in [2.24, 2.45) is 0 Å². The fourth-order valence-corrected chi connectivity index (χ4v) is 3.93.